The van der Waals surface area contributed by atoms with E-state index in [4.69, 9.17) is 0 Å². The molecule has 8 aromatic rings. The fourth-order valence-corrected chi connectivity index (χ4v) is 10.5. The average Bonchev–Trinajstić information content (AvgIpc) is 3.67. The predicted octanol–water partition coefficient (Wildman–Crippen LogP) is 8.97. The number of thiophene rings is 1. The summed E-state index contributed by atoms with van der Waals surface area (Å²) in [6.45, 7) is 0. The normalized spacial score (nSPS) is 12.1. The van der Waals surface area contributed by atoms with Crippen LogP contribution in [0.15, 0.2) is 164 Å². The van der Waals surface area contributed by atoms with Crippen molar-refractivity contribution in [2.75, 3.05) is 4.90 Å². The van der Waals surface area contributed by atoms with Gasteiger partial charge in [0.05, 0.1) is 0 Å². The third-order valence-electron chi connectivity index (χ3n) is 8.63. The summed E-state index contributed by atoms with van der Waals surface area (Å²) in [4.78, 5) is 2.45. The van der Waals surface area contributed by atoms with Crippen molar-refractivity contribution in [2.24, 2.45) is 0 Å². The molecular formula is C42H27INS-. The zero-order chi connectivity index (χ0) is 29.7. The van der Waals surface area contributed by atoms with Gasteiger partial charge in [-0.25, -0.2) is 0 Å². The minimum atomic E-state index is -0.269. The van der Waals surface area contributed by atoms with E-state index in [1.54, 1.807) is 0 Å². The maximum atomic E-state index is 2.49. The number of hydrogen-bond donors (Lipinski definition) is 0. The van der Waals surface area contributed by atoms with Crippen LogP contribution in [0.2, 0.25) is 0 Å². The molecule has 0 bridgehead atoms. The number of para-hydroxylation sites is 1. The number of hydrogen-bond acceptors (Lipinski definition) is 2. The second-order valence-electron chi connectivity index (χ2n) is 11.3. The van der Waals surface area contributed by atoms with Crippen LogP contribution in [0.3, 0.4) is 0 Å². The van der Waals surface area contributed by atoms with E-state index in [2.05, 4.69) is 169 Å². The molecule has 1 aliphatic heterocycles. The molecule has 9 rings (SSSR count). The monoisotopic (exact) mass is 704 g/mol. The standard InChI is InChI=1S/C42H27INS/c1-3-11-28(12-4-1)29-19-22-32(23-20-29)44(31-13-5-2-6-14-31)40-27-39-36(33-15-7-9-17-38(33)43-39)26-35(40)30-21-24-42-37(25-30)34-16-8-10-18-41(34)45-42/h1-27H/q-1. The van der Waals surface area contributed by atoms with Gasteiger partial charge in [0.25, 0.3) is 0 Å². The van der Waals surface area contributed by atoms with E-state index in [0.29, 0.717) is 0 Å². The molecule has 0 amide bonds. The zero-order valence-electron chi connectivity index (χ0n) is 24.3. The van der Waals surface area contributed by atoms with Crippen molar-refractivity contribution in [3.63, 3.8) is 0 Å². The summed E-state index contributed by atoms with van der Waals surface area (Å²) in [7, 11) is 0. The SMILES string of the molecule is c1ccc(-c2ccc(N(c3ccccc3)c3cc4c(cc3-c3ccc5sc6ccccc6c5c3)-c3ccccc3[I-]4)cc2)cc1. The van der Waals surface area contributed by atoms with E-state index < -0.39 is 0 Å². The van der Waals surface area contributed by atoms with Crippen molar-refractivity contribution in [3.05, 3.63) is 171 Å². The van der Waals surface area contributed by atoms with Gasteiger partial charge in [-0.1, -0.05) is 0 Å². The molecule has 214 valence electrons. The van der Waals surface area contributed by atoms with Crippen molar-refractivity contribution < 1.29 is 21.2 Å². The number of nitrogens with zero attached hydrogens (tertiary/aromatic N) is 1. The van der Waals surface area contributed by atoms with E-state index in [9.17, 15) is 0 Å². The van der Waals surface area contributed by atoms with Gasteiger partial charge < -0.3 is 0 Å². The van der Waals surface area contributed by atoms with E-state index in [1.165, 1.54) is 66.4 Å². The van der Waals surface area contributed by atoms with Crippen molar-refractivity contribution in [1.29, 1.82) is 0 Å². The zero-order valence-corrected chi connectivity index (χ0v) is 27.3. The third-order valence-corrected chi connectivity index (χ3v) is 12.8. The molecule has 0 radical (unpaired) electrons. The third kappa shape index (κ3) is 4.66. The van der Waals surface area contributed by atoms with Crippen LogP contribution >= 0.6 is 11.3 Å². The van der Waals surface area contributed by atoms with Gasteiger partial charge in [0.1, 0.15) is 0 Å². The van der Waals surface area contributed by atoms with Crippen LogP contribution in [0, 0.1) is 7.14 Å². The molecule has 0 saturated carbocycles. The maximum absolute atomic E-state index is 2.49. The quantitative estimate of drug-likeness (QED) is 0.162. The van der Waals surface area contributed by atoms with Gasteiger partial charge in [0.2, 0.25) is 0 Å². The minimum absolute atomic E-state index is 0.269. The topological polar surface area (TPSA) is 3.24 Å². The number of anilines is 3. The van der Waals surface area contributed by atoms with Crippen molar-refractivity contribution in [1.82, 2.24) is 0 Å². The Morgan fingerprint density at radius 3 is 1.89 bits per heavy atom. The summed E-state index contributed by atoms with van der Waals surface area (Å²) in [5.41, 5.74) is 11.3. The van der Waals surface area contributed by atoms with E-state index >= 15 is 0 Å². The first-order valence-corrected chi connectivity index (χ1v) is 18.1. The molecule has 1 nitrogen and oxygen atoms in total. The summed E-state index contributed by atoms with van der Waals surface area (Å²) < 4.78 is 5.65. The van der Waals surface area contributed by atoms with Gasteiger partial charge in [-0.3, -0.25) is 0 Å². The molecule has 0 saturated heterocycles. The Balaban J connectivity index is 1.28. The van der Waals surface area contributed by atoms with Gasteiger partial charge >= 0.3 is 279 Å². The molecule has 0 N–H and O–H groups in total. The van der Waals surface area contributed by atoms with Gasteiger partial charge in [-0.05, 0) is 0 Å². The Kier molecular flexibility index (Phi) is 6.53. The molecule has 2 heterocycles. The first-order chi connectivity index (χ1) is 22.3. The number of halogens is 1. The van der Waals surface area contributed by atoms with Crippen molar-refractivity contribution in [2.45, 2.75) is 0 Å². The van der Waals surface area contributed by atoms with Crippen LogP contribution in [0.25, 0.3) is 53.6 Å². The number of rotatable bonds is 5. The van der Waals surface area contributed by atoms with Crippen LogP contribution in [0.5, 0.6) is 0 Å². The van der Waals surface area contributed by atoms with Gasteiger partial charge in [0.15, 0.2) is 0 Å². The van der Waals surface area contributed by atoms with Crippen LogP contribution in [-0.4, -0.2) is 0 Å². The number of benzene rings is 7. The Morgan fingerprint density at radius 1 is 0.400 bits per heavy atom. The molecule has 0 fully saturated rings. The molecule has 45 heavy (non-hydrogen) atoms. The van der Waals surface area contributed by atoms with Gasteiger partial charge in [0, 0.05) is 0 Å². The summed E-state index contributed by atoms with van der Waals surface area (Å²) >= 11 is 1.61. The second kappa shape index (κ2) is 11.0. The predicted molar refractivity (Wildman–Crippen MR) is 188 cm³/mol. The van der Waals surface area contributed by atoms with Gasteiger partial charge in [-0.2, -0.15) is 0 Å². The van der Waals surface area contributed by atoms with E-state index in [0.717, 1.165) is 11.4 Å². The fourth-order valence-electron chi connectivity index (χ4n) is 6.47. The number of fused-ring (bicyclic) bond motifs is 6. The molecule has 1 aliphatic rings. The second-order valence-corrected chi connectivity index (χ2v) is 15.3. The molecule has 0 unspecified atom stereocenters. The summed E-state index contributed by atoms with van der Waals surface area (Å²) in [5.74, 6) is 0. The van der Waals surface area contributed by atoms with Crippen LogP contribution in [0.4, 0.5) is 17.1 Å². The molecule has 0 aliphatic carbocycles. The van der Waals surface area contributed by atoms with E-state index in [-0.39, 0.29) is 21.2 Å². The molecule has 1 aromatic heterocycles. The van der Waals surface area contributed by atoms with Crippen LogP contribution in [0.1, 0.15) is 0 Å². The molecular weight excluding hydrogens is 677 g/mol. The fraction of sp³-hybridized carbons (Fsp3) is 0. The van der Waals surface area contributed by atoms with Crippen molar-refractivity contribution >= 4 is 48.6 Å². The summed E-state index contributed by atoms with van der Waals surface area (Å²) in [6.07, 6.45) is 0. The Bertz CT molecular complexity index is 2340. The first kappa shape index (κ1) is 26.7. The molecule has 0 atom stereocenters. The first-order valence-electron chi connectivity index (χ1n) is 15.1. The molecule has 0 spiro atoms. The summed E-state index contributed by atoms with van der Waals surface area (Å²) in [6, 6.07) is 60.3. The molecule has 3 heteroatoms. The Labute approximate surface area is 277 Å². The molecule has 7 aromatic carbocycles. The van der Waals surface area contributed by atoms with Crippen LogP contribution in [-0.2, 0) is 0 Å². The van der Waals surface area contributed by atoms with Crippen molar-refractivity contribution in [3.8, 4) is 33.4 Å². The van der Waals surface area contributed by atoms with Gasteiger partial charge in [-0.15, -0.1) is 0 Å². The average molecular weight is 705 g/mol. The van der Waals surface area contributed by atoms with Crippen LogP contribution < -0.4 is 26.1 Å². The summed E-state index contributed by atoms with van der Waals surface area (Å²) in [5, 5.41) is 2.65. The Hall–Kier alpha value is -4.71. The Morgan fingerprint density at radius 2 is 1.04 bits per heavy atom. The van der Waals surface area contributed by atoms with E-state index in [1.807, 2.05) is 11.3 Å².